The number of aliphatic hydroxyl groups is 2. The van der Waals surface area contributed by atoms with E-state index in [9.17, 15) is 19.8 Å². The number of ketones is 1. The molecule has 2 saturated carbocycles. The van der Waals surface area contributed by atoms with Crippen LogP contribution >= 0.6 is 0 Å². The number of allylic oxidation sites excluding steroid dienone is 3. The summed E-state index contributed by atoms with van der Waals surface area (Å²) in [5.74, 6) is 0.304. The highest BCUT2D eigenvalue weighted by Gasteiger charge is 2.68. The van der Waals surface area contributed by atoms with Crippen LogP contribution in [0.25, 0.3) is 0 Å². The van der Waals surface area contributed by atoms with Gasteiger partial charge in [-0.1, -0.05) is 52.3 Å². The Balaban J connectivity index is 1.46. The van der Waals surface area contributed by atoms with Gasteiger partial charge in [0.25, 0.3) is 0 Å². The summed E-state index contributed by atoms with van der Waals surface area (Å²) in [7, 11) is 1.65. The number of hydrogen-bond acceptors (Lipinski definition) is 7. The van der Waals surface area contributed by atoms with Crippen LogP contribution in [0.4, 0.5) is 0 Å². The summed E-state index contributed by atoms with van der Waals surface area (Å²) < 4.78 is 17.8. The SMILES string of the molecule is CO[C@@H]1O[C@@H]([C@H](OC(C)=O)C(C)(C)O)C[C@H]1[C@@H]1CC=C2[C@]3(C)[C@H](O)C[C@H]4C(C)(C)C(=O)C=C[C@]4(C)[C@H]3CC[C@]21C. The molecule has 4 aliphatic carbocycles. The molecule has 0 amide bonds. The lowest BCUT2D eigenvalue weighted by Crippen LogP contribution is -2.63. The molecular weight excluding hydrogens is 508 g/mol. The number of carbonyl (C=O) groups is 2. The molecule has 5 aliphatic rings. The number of hydrogen-bond donors (Lipinski definition) is 2. The van der Waals surface area contributed by atoms with Crippen LogP contribution in [0.2, 0.25) is 0 Å². The van der Waals surface area contributed by atoms with Gasteiger partial charge in [0.2, 0.25) is 0 Å². The van der Waals surface area contributed by atoms with Crippen molar-refractivity contribution < 1.29 is 34.0 Å². The van der Waals surface area contributed by atoms with E-state index in [0.29, 0.717) is 12.8 Å². The van der Waals surface area contributed by atoms with E-state index in [-0.39, 0.29) is 40.3 Å². The smallest absolute Gasteiger partial charge is 0.303 e. The molecule has 2 N–H and O–H groups in total. The van der Waals surface area contributed by atoms with Gasteiger partial charge in [-0.2, -0.15) is 0 Å². The zero-order chi connectivity index (χ0) is 29.6. The van der Waals surface area contributed by atoms with Gasteiger partial charge in [0.05, 0.1) is 11.7 Å². The Morgan fingerprint density at radius 1 is 1.15 bits per heavy atom. The second-order valence-electron chi connectivity index (χ2n) is 15.2. The van der Waals surface area contributed by atoms with Crippen LogP contribution in [0.3, 0.4) is 0 Å². The van der Waals surface area contributed by atoms with Crippen molar-refractivity contribution in [1.82, 2.24) is 0 Å². The van der Waals surface area contributed by atoms with Crippen molar-refractivity contribution in [2.24, 2.45) is 45.3 Å². The minimum absolute atomic E-state index is 0.0458. The van der Waals surface area contributed by atoms with Crippen LogP contribution in [-0.4, -0.2) is 59.3 Å². The van der Waals surface area contributed by atoms with Crippen molar-refractivity contribution in [2.45, 2.75) is 118 Å². The van der Waals surface area contributed by atoms with Crippen molar-refractivity contribution in [3.8, 4) is 0 Å². The molecule has 0 bridgehead atoms. The monoisotopic (exact) mass is 558 g/mol. The summed E-state index contributed by atoms with van der Waals surface area (Å²) in [6, 6.07) is 0. The summed E-state index contributed by atoms with van der Waals surface area (Å²) >= 11 is 0. The minimum Gasteiger partial charge on any atom is -0.457 e. The van der Waals surface area contributed by atoms with Gasteiger partial charge in [0.15, 0.2) is 18.2 Å². The van der Waals surface area contributed by atoms with Gasteiger partial charge in [-0.15, -0.1) is 0 Å². The lowest BCUT2D eigenvalue weighted by Gasteiger charge is -2.66. The predicted molar refractivity (Wildman–Crippen MR) is 151 cm³/mol. The van der Waals surface area contributed by atoms with Gasteiger partial charge in [-0.25, -0.2) is 0 Å². The number of fused-ring (bicyclic) bond motifs is 5. The van der Waals surface area contributed by atoms with E-state index >= 15 is 0 Å². The molecule has 1 heterocycles. The van der Waals surface area contributed by atoms with E-state index in [1.807, 2.05) is 13.8 Å². The third kappa shape index (κ3) is 4.12. The molecular formula is C33H50O7. The van der Waals surface area contributed by atoms with Crippen molar-refractivity contribution in [2.75, 3.05) is 7.11 Å². The van der Waals surface area contributed by atoms with E-state index in [0.717, 1.165) is 19.3 Å². The lowest BCUT2D eigenvalue weighted by atomic mass is 9.38. The largest absolute Gasteiger partial charge is 0.457 e. The van der Waals surface area contributed by atoms with Crippen LogP contribution in [0.5, 0.6) is 0 Å². The van der Waals surface area contributed by atoms with E-state index in [1.54, 1.807) is 27.0 Å². The quantitative estimate of drug-likeness (QED) is 0.362. The maximum Gasteiger partial charge on any atom is 0.303 e. The van der Waals surface area contributed by atoms with Gasteiger partial charge in [-0.3, -0.25) is 9.59 Å². The fraction of sp³-hybridized carbons (Fsp3) is 0.818. The van der Waals surface area contributed by atoms with Crippen LogP contribution in [-0.2, 0) is 23.8 Å². The van der Waals surface area contributed by atoms with Gasteiger partial charge in [-0.05, 0) is 80.6 Å². The van der Waals surface area contributed by atoms with Gasteiger partial charge in [0.1, 0.15) is 6.10 Å². The molecule has 0 aromatic carbocycles. The highest BCUT2D eigenvalue weighted by molar-refractivity contribution is 5.95. The second kappa shape index (κ2) is 9.48. The van der Waals surface area contributed by atoms with Crippen LogP contribution in [0.15, 0.2) is 23.8 Å². The third-order valence-electron chi connectivity index (χ3n) is 12.3. The third-order valence-corrected chi connectivity index (χ3v) is 12.3. The first-order valence-corrected chi connectivity index (χ1v) is 15.1. The first-order valence-electron chi connectivity index (χ1n) is 15.1. The molecule has 1 aliphatic heterocycles. The van der Waals surface area contributed by atoms with Crippen LogP contribution < -0.4 is 0 Å². The van der Waals surface area contributed by atoms with Crippen LogP contribution in [0.1, 0.15) is 87.5 Å². The predicted octanol–water partition coefficient (Wildman–Crippen LogP) is 4.99. The zero-order valence-corrected chi connectivity index (χ0v) is 25.8. The molecule has 0 aromatic rings. The Hall–Kier alpha value is -1.54. The van der Waals surface area contributed by atoms with E-state index in [2.05, 4.69) is 32.9 Å². The number of ether oxygens (including phenoxy) is 3. The van der Waals surface area contributed by atoms with Crippen LogP contribution in [0, 0.1) is 45.3 Å². The normalized spacial score (nSPS) is 46.7. The lowest BCUT2D eigenvalue weighted by molar-refractivity contribution is -0.200. The minimum atomic E-state index is -1.26. The Morgan fingerprint density at radius 3 is 2.42 bits per heavy atom. The Kier molecular flexibility index (Phi) is 7.10. The number of methoxy groups -OCH3 is 1. The van der Waals surface area contributed by atoms with Gasteiger partial charge < -0.3 is 24.4 Å². The Labute approximate surface area is 239 Å². The van der Waals surface area contributed by atoms with E-state index < -0.39 is 47.0 Å². The summed E-state index contributed by atoms with van der Waals surface area (Å²) in [5.41, 5.74) is -1.15. The number of rotatable bonds is 5. The summed E-state index contributed by atoms with van der Waals surface area (Å²) in [4.78, 5) is 24.8. The molecule has 7 heteroatoms. The molecule has 224 valence electrons. The maximum absolute atomic E-state index is 12.9. The molecule has 11 atom stereocenters. The maximum atomic E-state index is 12.9. The first kappa shape index (κ1) is 29.9. The first-order chi connectivity index (χ1) is 18.4. The highest BCUT2D eigenvalue weighted by atomic mass is 16.7. The number of aliphatic hydroxyl groups excluding tert-OH is 1. The van der Waals surface area contributed by atoms with Gasteiger partial charge >= 0.3 is 5.97 Å². The second-order valence-corrected chi connectivity index (χ2v) is 15.2. The fourth-order valence-corrected chi connectivity index (χ4v) is 10.3. The molecule has 0 aromatic heterocycles. The average molecular weight is 559 g/mol. The van der Waals surface area contributed by atoms with Gasteiger partial charge in [0, 0.05) is 30.8 Å². The molecule has 40 heavy (non-hydrogen) atoms. The average Bonchev–Trinajstić information content (AvgIpc) is 3.42. The van der Waals surface area contributed by atoms with E-state index in [4.69, 9.17) is 14.2 Å². The van der Waals surface area contributed by atoms with E-state index in [1.165, 1.54) is 12.5 Å². The highest BCUT2D eigenvalue weighted by Crippen LogP contribution is 2.72. The summed E-state index contributed by atoms with van der Waals surface area (Å²) in [6.07, 6.45) is 8.09. The summed E-state index contributed by atoms with van der Waals surface area (Å²) in [6.45, 7) is 15.7. The van der Waals surface area contributed by atoms with Crippen molar-refractivity contribution in [1.29, 1.82) is 0 Å². The molecule has 0 radical (unpaired) electrons. The van der Waals surface area contributed by atoms with Crippen molar-refractivity contribution in [3.63, 3.8) is 0 Å². The fourth-order valence-electron chi connectivity index (χ4n) is 10.3. The van der Waals surface area contributed by atoms with Crippen molar-refractivity contribution in [3.05, 3.63) is 23.8 Å². The standard InChI is InChI=1S/C33H50O7/c1-18(34)39-27(30(4,5)37)21-16-19(28(38-9)40-21)20-10-11-22-31(20,6)14-12-23-32(7)15-13-25(35)29(2,3)24(32)17-26(36)33(22,23)8/h11,13,15,19-21,23-24,26-28,36-37H,10,12,14,16-17H2,1-9H3/t19-,20-,21+,23+,24-,26+,27-,28+,31-,32+,33-/m0/s1. The Morgan fingerprint density at radius 2 is 1.82 bits per heavy atom. The molecule has 5 rings (SSSR count). The number of carbonyl (C=O) groups excluding carboxylic acids is 2. The molecule has 1 saturated heterocycles. The number of esters is 1. The molecule has 0 unspecified atom stereocenters. The topological polar surface area (TPSA) is 102 Å². The summed E-state index contributed by atoms with van der Waals surface area (Å²) in [5, 5.41) is 22.8. The molecule has 7 nitrogen and oxygen atoms in total. The molecule has 0 spiro atoms. The zero-order valence-electron chi connectivity index (χ0n) is 25.8. The van der Waals surface area contributed by atoms with Crippen molar-refractivity contribution >= 4 is 11.8 Å². The Bertz CT molecular complexity index is 1120. The molecule has 3 fully saturated rings.